The molecule has 0 bridgehead atoms. The monoisotopic (exact) mass is 1300 g/mol. The van der Waals surface area contributed by atoms with Crippen LogP contribution in [-0.2, 0) is 5.41 Å². The first-order valence-electron chi connectivity index (χ1n) is 34.9. The molecule has 1 aliphatic carbocycles. The van der Waals surface area contributed by atoms with Gasteiger partial charge in [0.25, 0.3) is 0 Å². The summed E-state index contributed by atoms with van der Waals surface area (Å²) in [5, 5.41) is 7.28. The molecule has 0 N–H and O–H groups in total. The van der Waals surface area contributed by atoms with E-state index in [0.29, 0.717) is 11.6 Å². The first-order chi connectivity index (χ1) is 50.3. The smallest absolute Gasteiger partial charge is 0.160 e. The van der Waals surface area contributed by atoms with Crippen LogP contribution in [0.1, 0.15) is 25.0 Å². The molecule has 0 unspecified atom stereocenters. The third-order valence-corrected chi connectivity index (χ3v) is 21.1. The minimum Gasteiger partial charge on any atom is -0.309 e. The van der Waals surface area contributed by atoms with Crippen LogP contribution in [0, 0.1) is 0 Å². The molecular formula is C95H63N7. The van der Waals surface area contributed by atoms with Crippen molar-refractivity contribution in [1.82, 2.24) is 33.6 Å². The molecule has 7 nitrogen and oxygen atoms in total. The number of benzene rings is 14. The highest BCUT2D eigenvalue weighted by Gasteiger charge is 2.36. The van der Waals surface area contributed by atoms with Crippen LogP contribution in [0.3, 0.4) is 0 Å². The molecular weight excluding hydrogens is 1240 g/mol. The summed E-state index contributed by atoms with van der Waals surface area (Å²) in [6.45, 7) is 4.71. The van der Waals surface area contributed by atoms with Crippen LogP contribution in [0.15, 0.2) is 346 Å². The van der Waals surface area contributed by atoms with Crippen molar-refractivity contribution in [3.05, 3.63) is 357 Å². The van der Waals surface area contributed by atoms with Gasteiger partial charge >= 0.3 is 0 Å². The van der Waals surface area contributed by atoms with E-state index in [4.69, 9.17) is 19.9 Å². The standard InChI is InChI=1S/C95H63N7/c1-95(2)80-38-16-12-33-73(80)77-56-79-75-35-14-17-39-86(75)101(91(79)57-81(77)95)70-50-45-64(46-51-70)94-98-84(62-27-10-5-11-28-62)59-85(99-94)68-31-20-29-65(53-68)66-30-21-32-71(54-66)102-87-40-18-13-34-74(87)78-55-67(47-52-89(78)102)72-37-22-42-90-92(72)76-36-15-19-41-88(76)100(90)69-48-43-63(44-49-69)93-96-82(60-23-6-3-7-24-60)58-83(97-93)61-25-8-4-9-26-61/h3-59H,1-2H3. The van der Waals surface area contributed by atoms with Gasteiger partial charge in [-0.2, -0.15) is 0 Å². The molecule has 5 aromatic heterocycles. The van der Waals surface area contributed by atoms with Crippen molar-refractivity contribution in [1.29, 1.82) is 0 Å². The lowest BCUT2D eigenvalue weighted by Gasteiger charge is -2.21. The lowest BCUT2D eigenvalue weighted by molar-refractivity contribution is 0.661. The lowest BCUT2D eigenvalue weighted by atomic mass is 9.82. The van der Waals surface area contributed by atoms with E-state index < -0.39 is 0 Å². The third-order valence-electron chi connectivity index (χ3n) is 21.1. The average Bonchev–Trinajstić information content (AvgIpc) is 1.55. The predicted molar refractivity (Wildman–Crippen MR) is 422 cm³/mol. The molecule has 1 aliphatic rings. The zero-order chi connectivity index (χ0) is 67.6. The average molecular weight is 1300 g/mol. The van der Waals surface area contributed by atoms with E-state index in [9.17, 15) is 0 Å². The van der Waals surface area contributed by atoms with Gasteiger partial charge in [-0.05, 0) is 172 Å². The maximum atomic E-state index is 5.41. The number of aromatic nitrogens is 7. The van der Waals surface area contributed by atoms with Crippen LogP contribution in [0.5, 0.6) is 0 Å². The molecule has 0 saturated heterocycles. The van der Waals surface area contributed by atoms with Crippen molar-refractivity contribution in [3.8, 4) is 118 Å². The Balaban J connectivity index is 0.637. The zero-order valence-electron chi connectivity index (χ0n) is 56.0. The zero-order valence-corrected chi connectivity index (χ0v) is 56.0. The molecule has 102 heavy (non-hydrogen) atoms. The van der Waals surface area contributed by atoms with Gasteiger partial charge in [0.1, 0.15) is 0 Å². The van der Waals surface area contributed by atoms with Gasteiger partial charge in [0.2, 0.25) is 0 Å². The SMILES string of the molecule is CC1(C)c2ccccc2-c2cc3c4ccccc4n(-c4ccc(-c5nc(-c6ccccc6)cc(-c6cccc(-c7cccc(-n8c9ccccc9c9cc(-c%10cccc%11c%10c%10ccccc%10n%11-c%10ccc(-c%11nc(-c%12ccccc%12)cc(-c%12ccccc%12)n%11)cc%10)ccc98)c7)c6)n5)cc4)c3cc21. The molecule has 7 heteroatoms. The first kappa shape index (κ1) is 58.8. The normalized spacial score (nSPS) is 12.5. The van der Waals surface area contributed by atoms with Crippen LogP contribution in [0.4, 0.5) is 0 Å². The summed E-state index contributed by atoms with van der Waals surface area (Å²) in [6, 6.07) is 125. The van der Waals surface area contributed by atoms with E-state index in [1.807, 2.05) is 12.1 Å². The summed E-state index contributed by atoms with van der Waals surface area (Å²) in [5.74, 6) is 1.35. The highest BCUT2D eigenvalue weighted by Crippen LogP contribution is 2.51. The summed E-state index contributed by atoms with van der Waals surface area (Å²) in [5.41, 5.74) is 29.5. The van der Waals surface area contributed by atoms with Crippen molar-refractivity contribution in [2.45, 2.75) is 19.3 Å². The highest BCUT2D eigenvalue weighted by atomic mass is 15.0. The number of hydrogen-bond acceptors (Lipinski definition) is 4. The molecule has 0 amide bonds. The number of rotatable bonds is 11. The van der Waals surface area contributed by atoms with Gasteiger partial charge in [-0.15, -0.1) is 0 Å². The summed E-state index contributed by atoms with van der Waals surface area (Å²) < 4.78 is 7.24. The Kier molecular flexibility index (Phi) is 13.5. The van der Waals surface area contributed by atoms with Crippen LogP contribution >= 0.6 is 0 Å². The fourth-order valence-corrected chi connectivity index (χ4v) is 16.2. The molecule has 14 aromatic carbocycles. The van der Waals surface area contributed by atoms with Gasteiger partial charge in [-0.3, -0.25) is 0 Å². The van der Waals surface area contributed by atoms with Gasteiger partial charge in [-0.25, -0.2) is 19.9 Å². The van der Waals surface area contributed by atoms with Crippen LogP contribution in [0.25, 0.3) is 184 Å². The summed E-state index contributed by atoms with van der Waals surface area (Å²) in [7, 11) is 0. The van der Waals surface area contributed by atoms with E-state index >= 15 is 0 Å². The van der Waals surface area contributed by atoms with E-state index in [0.717, 1.165) is 112 Å². The molecule has 0 radical (unpaired) electrons. The second-order valence-electron chi connectivity index (χ2n) is 27.3. The molecule has 20 rings (SSSR count). The van der Waals surface area contributed by atoms with Crippen molar-refractivity contribution < 1.29 is 0 Å². The van der Waals surface area contributed by atoms with Gasteiger partial charge in [-0.1, -0.05) is 232 Å². The minimum absolute atomic E-state index is 0.122. The largest absolute Gasteiger partial charge is 0.309 e. The summed E-state index contributed by atoms with van der Waals surface area (Å²) >= 11 is 0. The van der Waals surface area contributed by atoms with Crippen molar-refractivity contribution >= 4 is 65.4 Å². The topological polar surface area (TPSA) is 66.3 Å². The van der Waals surface area contributed by atoms with Crippen molar-refractivity contribution in [2.24, 2.45) is 0 Å². The predicted octanol–water partition coefficient (Wildman–Crippen LogP) is 24.2. The lowest BCUT2D eigenvalue weighted by Crippen LogP contribution is -2.14. The molecule has 0 aliphatic heterocycles. The first-order valence-corrected chi connectivity index (χ1v) is 34.9. The second-order valence-corrected chi connectivity index (χ2v) is 27.3. The number of para-hydroxylation sites is 3. The van der Waals surface area contributed by atoms with Crippen LogP contribution < -0.4 is 0 Å². The van der Waals surface area contributed by atoms with Crippen molar-refractivity contribution in [3.63, 3.8) is 0 Å². The van der Waals surface area contributed by atoms with E-state index in [-0.39, 0.29) is 5.41 Å². The van der Waals surface area contributed by atoms with Gasteiger partial charge < -0.3 is 13.7 Å². The molecule has 0 fully saturated rings. The summed E-state index contributed by atoms with van der Waals surface area (Å²) in [6.07, 6.45) is 0. The number of hydrogen-bond donors (Lipinski definition) is 0. The molecule has 5 heterocycles. The molecule has 478 valence electrons. The third kappa shape index (κ3) is 9.57. The van der Waals surface area contributed by atoms with E-state index in [1.54, 1.807) is 0 Å². The Morgan fingerprint density at radius 2 is 0.627 bits per heavy atom. The minimum atomic E-state index is -0.122. The Bertz CT molecular complexity index is 6500. The number of nitrogens with zero attached hydrogens (tertiary/aromatic N) is 7. The van der Waals surface area contributed by atoms with Gasteiger partial charge in [0.05, 0.1) is 55.9 Å². The Labute approximate surface area is 589 Å². The molecule has 0 spiro atoms. The maximum Gasteiger partial charge on any atom is 0.160 e. The van der Waals surface area contributed by atoms with Crippen LogP contribution in [0.2, 0.25) is 0 Å². The quantitative estimate of drug-likeness (QED) is 0.129. The number of fused-ring (bicyclic) bond motifs is 12. The fraction of sp³-hybridized carbons (Fsp3) is 0.0316. The Hall–Kier alpha value is -13.4. The molecule has 19 aromatic rings. The van der Waals surface area contributed by atoms with Crippen LogP contribution in [-0.4, -0.2) is 33.6 Å². The maximum absolute atomic E-state index is 5.41. The molecule has 0 saturated carbocycles. The fourth-order valence-electron chi connectivity index (χ4n) is 16.2. The summed E-state index contributed by atoms with van der Waals surface area (Å²) in [4.78, 5) is 21.0. The van der Waals surface area contributed by atoms with Gasteiger partial charge in [0.15, 0.2) is 11.6 Å². The molecule has 0 atom stereocenters. The second kappa shape index (κ2) is 23.4. The van der Waals surface area contributed by atoms with E-state index in [1.165, 1.54) is 71.2 Å². The Morgan fingerprint density at radius 1 is 0.216 bits per heavy atom. The van der Waals surface area contributed by atoms with Crippen molar-refractivity contribution in [2.75, 3.05) is 0 Å². The van der Waals surface area contributed by atoms with Gasteiger partial charge in [0, 0.05) is 88.2 Å². The van der Waals surface area contributed by atoms with E-state index in [2.05, 4.69) is 361 Å². The Morgan fingerprint density at radius 3 is 1.23 bits per heavy atom. The highest BCUT2D eigenvalue weighted by molar-refractivity contribution is 6.18.